The molecule has 2 bridgehead atoms. The highest BCUT2D eigenvalue weighted by molar-refractivity contribution is 9.11. The van der Waals surface area contributed by atoms with Gasteiger partial charge in [0.15, 0.2) is 0 Å². The lowest BCUT2D eigenvalue weighted by atomic mass is 9.96. The quantitative estimate of drug-likeness (QED) is 0.922. The fraction of sp³-hybridized carbons (Fsp3) is 0.636. The molecule has 1 aromatic heterocycles. The van der Waals surface area contributed by atoms with Gasteiger partial charge in [0.2, 0.25) is 10.0 Å². The maximum atomic E-state index is 12.2. The summed E-state index contributed by atoms with van der Waals surface area (Å²) < 4.78 is 28.5. The summed E-state index contributed by atoms with van der Waals surface area (Å²) in [7, 11) is -3.31. The monoisotopic (exact) mass is 335 g/mol. The minimum atomic E-state index is -3.31. The Balaban J connectivity index is 1.76. The van der Waals surface area contributed by atoms with Crippen molar-refractivity contribution in [2.24, 2.45) is 11.8 Å². The van der Waals surface area contributed by atoms with E-state index in [2.05, 4.69) is 20.7 Å². The topological polar surface area (TPSA) is 46.2 Å². The molecule has 3 nitrogen and oxygen atoms in total. The van der Waals surface area contributed by atoms with E-state index in [1.54, 1.807) is 12.1 Å². The number of halogens is 1. The van der Waals surface area contributed by atoms with E-state index >= 15 is 0 Å². The minimum Gasteiger partial charge on any atom is -0.207 e. The Kier molecular flexibility index (Phi) is 3.09. The lowest BCUT2D eigenvalue weighted by molar-refractivity contribution is 0.390. The van der Waals surface area contributed by atoms with Gasteiger partial charge in [0.25, 0.3) is 0 Å². The fourth-order valence-corrected chi connectivity index (χ4v) is 6.43. The summed E-state index contributed by atoms with van der Waals surface area (Å²) in [6.45, 7) is 0. The zero-order valence-electron chi connectivity index (χ0n) is 9.23. The maximum absolute atomic E-state index is 12.2. The summed E-state index contributed by atoms with van der Waals surface area (Å²) in [6, 6.07) is 3.60. The molecule has 2 fully saturated rings. The Bertz CT molecular complexity index is 525. The van der Waals surface area contributed by atoms with Crippen molar-refractivity contribution in [2.45, 2.75) is 35.9 Å². The first-order valence-electron chi connectivity index (χ1n) is 5.82. The molecule has 2 saturated carbocycles. The van der Waals surface area contributed by atoms with Gasteiger partial charge in [-0.2, -0.15) is 0 Å². The van der Waals surface area contributed by atoms with Crippen molar-refractivity contribution in [2.75, 3.05) is 0 Å². The number of nitrogens with one attached hydrogen (secondary N) is 1. The lowest BCUT2D eigenvalue weighted by Crippen LogP contribution is -2.38. The molecule has 3 atom stereocenters. The van der Waals surface area contributed by atoms with Crippen LogP contribution in [-0.2, 0) is 10.0 Å². The van der Waals surface area contributed by atoms with Crippen molar-refractivity contribution in [3.63, 3.8) is 0 Å². The zero-order chi connectivity index (χ0) is 12.0. The smallest absolute Gasteiger partial charge is 0.207 e. The van der Waals surface area contributed by atoms with Crippen LogP contribution < -0.4 is 4.72 Å². The number of hydrogen-bond acceptors (Lipinski definition) is 3. The molecule has 6 heteroatoms. The first-order valence-corrected chi connectivity index (χ1v) is 8.91. The molecule has 3 rings (SSSR count). The van der Waals surface area contributed by atoms with Gasteiger partial charge in [0.1, 0.15) is 4.21 Å². The average Bonchev–Trinajstić information content (AvgIpc) is 2.92. The van der Waals surface area contributed by atoms with Crippen molar-refractivity contribution in [3.8, 4) is 0 Å². The van der Waals surface area contributed by atoms with Gasteiger partial charge in [-0.3, -0.25) is 0 Å². The second-order valence-electron chi connectivity index (χ2n) is 4.96. The van der Waals surface area contributed by atoms with Gasteiger partial charge in [0, 0.05) is 6.04 Å². The van der Waals surface area contributed by atoms with Crippen LogP contribution in [0.5, 0.6) is 0 Å². The molecule has 0 saturated heterocycles. The average molecular weight is 336 g/mol. The first kappa shape index (κ1) is 12.1. The molecule has 0 radical (unpaired) electrons. The number of fused-ring (bicyclic) bond motifs is 2. The van der Waals surface area contributed by atoms with Crippen molar-refractivity contribution < 1.29 is 8.42 Å². The lowest BCUT2D eigenvalue weighted by Gasteiger charge is -2.22. The molecule has 0 spiro atoms. The van der Waals surface area contributed by atoms with Gasteiger partial charge < -0.3 is 0 Å². The van der Waals surface area contributed by atoms with Crippen LogP contribution in [-0.4, -0.2) is 14.5 Å². The van der Waals surface area contributed by atoms with E-state index in [0.717, 1.165) is 16.1 Å². The summed E-state index contributed by atoms with van der Waals surface area (Å²) in [6.07, 6.45) is 4.71. The predicted octanol–water partition coefficient (Wildman–Crippen LogP) is 2.98. The van der Waals surface area contributed by atoms with E-state index in [1.165, 1.54) is 30.6 Å². The summed E-state index contributed by atoms with van der Waals surface area (Å²) >= 11 is 4.56. The van der Waals surface area contributed by atoms with Crippen molar-refractivity contribution in [1.29, 1.82) is 0 Å². The number of rotatable bonds is 3. The van der Waals surface area contributed by atoms with Crippen LogP contribution in [0.2, 0.25) is 0 Å². The van der Waals surface area contributed by atoms with Crippen LogP contribution in [0.3, 0.4) is 0 Å². The van der Waals surface area contributed by atoms with E-state index in [-0.39, 0.29) is 6.04 Å². The van der Waals surface area contributed by atoms with Gasteiger partial charge in [0.05, 0.1) is 3.79 Å². The Morgan fingerprint density at radius 3 is 2.65 bits per heavy atom. The summed E-state index contributed by atoms with van der Waals surface area (Å²) in [4.78, 5) is 0. The van der Waals surface area contributed by atoms with Gasteiger partial charge in [-0.15, -0.1) is 11.3 Å². The standard InChI is InChI=1S/C11H14BrNO2S2/c12-10-3-4-11(16-10)17(14,15)13-9-6-7-1-2-8(9)5-7/h3-4,7-9,13H,1-2,5-6H2/t7-,8-,9+/m0/s1. The van der Waals surface area contributed by atoms with Crippen LogP contribution in [0.1, 0.15) is 25.7 Å². The van der Waals surface area contributed by atoms with E-state index < -0.39 is 10.0 Å². The second kappa shape index (κ2) is 4.33. The minimum absolute atomic E-state index is 0.166. The molecule has 0 amide bonds. The summed E-state index contributed by atoms with van der Waals surface area (Å²) in [5.41, 5.74) is 0. The van der Waals surface area contributed by atoms with Gasteiger partial charge in [-0.1, -0.05) is 6.42 Å². The molecule has 1 N–H and O–H groups in total. The van der Waals surface area contributed by atoms with Crippen LogP contribution in [0.15, 0.2) is 20.1 Å². The molecule has 1 aromatic rings. The highest BCUT2D eigenvalue weighted by Crippen LogP contribution is 2.45. The van der Waals surface area contributed by atoms with Crippen molar-refractivity contribution >= 4 is 37.3 Å². The molecule has 2 aliphatic rings. The van der Waals surface area contributed by atoms with E-state index in [4.69, 9.17) is 0 Å². The number of sulfonamides is 1. The Hall–Kier alpha value is 0.0900. The molecule has 1 heterocycles. The molecule has 0 aliphatic heterocycles. The van der Waals surface area contributed by atoms with E-state index in [0.29, 0.717) is 10.1 Å². The number of thiophene rings is 1. The maximum Gasteiger partial charge on any atom is 0.250 e. The molecule has 0 aromatic carbocycles. The van der Waals surface area contributed by atoms with Crippen molar-refractivity contribution in [3.05, 3.63) is 15.9 Å². The van der Waals surface area contributed by atoms with Gasteiger partial charge >= 0.3 is 0 Å². The van der Waals surface area contributed by atoms with Crippen LogP contribution in [0.25, 0.3) is 0 Å². The largest absolute Gasteiger partial charge is 0.250 e. The Morgan fingerprint density at radius 2 is 2.12 bits per heavy atom. The molecule has 2 aliphatic carbocycles. The van der Waals surface area contributed by atoms with Crippen molar-refractivity contribution in [1.82, 2.24) is 4.72 Å². The Labute approximate surface area is 114 Å². The van der Waals surface area contributed by atoms with Crippen LogP contribution in [0, 0.1) is 11.8 Å². The highest BCUT2D eigenvalue weighted by Gasteiger charge is 2.41. The molecule has 0 unspecified atom stereocenters. The van der Waals surface area contributed by atoms with E-state index in [9.17, 15) is 8.42 Å². The van der Waals surface area contributed by atoms with Crippen LogP contribution in [0.4, 0.5) is 0 Å². The van der Waals surface area contributed by atoms with Crippen LogP contribution >= 0.6 is 27.3 Å². The third-order valence-corrected chi connectivity index (χ3v) is 7.46. The normalized spacial score (nSPS) is 32.2. The SMILES string of the molecule is O=S(=O)(N[C@@H]1C[C@H]2CC[C@H]1C2)c1ccc(Br)s1. The second-order valence-corrected chi connectivity index (χ2v) is 9.37. The molecule has 94 valence electrons. The molecular weight excluding hydrogens is 322 g/mol. The molecular formula is C11H14BrNO2S2. The van der Waals surface area contributed by atoms with Gasteiger partial charge in [-0.05, 0) is 59.2 Å². The highest BCUT2D eigenvalue weighted by atomic mass is 79.9. The fourth-order valence-electron chi connectivity index (χ4n) is 3.09. The van der Waals surface area contributed by atoms with Gasteiger partial charge in [-0.25, -0.2) is 13.1 Å². The summed E-state index contributed by atoms with van der Waals surface area (Å²) in [5.74, 6) is 1.32. The molecule has 17 heavy (non-hydrogen) atoms. The van der Waals surface area contributed by atoms with E-state index in [1.807, 2.05) is 0 Å². The Morgan fingerprint density at radius 1 is 1.29 bits per heavy atom. The summed E-state index contributed by atoms with van der Waals surface area (Å²) in [5, 5.41) is 0. The zero-order valence-corrected chi connectivity index (χ0v) is 12.4. The third-order valence-electron chi connectivity index (χ3n) is 3.86. The predicted molar refractivity (Wildman–Crippen MR) is 71.6 cm³/mol. The first-order chi connectivity index (χ1) is 8.04. The number of hydrogen-bond donors (Lipinski definition) is 1. The third kappa shape index (κ3) is 2.32.